The Balaban J connectivity index is 0.00000109. The van der Waals surface area contributed by atoms with E-state index in [2.05, 4.69) is 10.7 Å². The zero-order valence-electron chi connectivity index (χ0n) is 14.7. The summed E-state index contributed by atoms with van der Waals surface area (Å²) >= 11 is 3.17. The molecule has 25 heavy (non-hydrogen) atoms. The molecule has 0 saturated carbocycles. The maximum Gasteiger partial charge on any atom is 0.374 e. The first kappa shape index (κ1) is 19.5. The number of esters is 1. The van der Waals surface area contributed by atoms with E-state index in [9.17, 15) is 4.79 Å². The Morgan fingerprint density at radius 3 is 2.52 bits per heavy atom. The first-order valence-electron chi connectivity index (χ1n) is 7.72. The molecule has 2 N–H and O–H groups in total. The highest BCUT2D eigenvalue weighted by Crippen LogP contribution is 2.40. The van der Waals surface area contributed by atoms with Crippen molar-refractivity contribution < 1.29 is 14.3 Å². The summed E-state index contributed by atoms with van der Waals surface area (Å²) in [5, 5.41) is 2.71. The lowest BCUT2D eigenvalue weighted by Gasteiger charge is -2.21. The molecule has 2 heterocycles. The molecular formula is C18H22N2O3S2. The quantitative estimate of drug-likeness (QED) is 0.632. The molecule has 0 aliphatic carbocycles. The van der Waals surface area contributed by atoms with Crippen LogP contribution in [0.25, 0.3) is 5.57 Å². The molecule has 0 bridgehead atoms. The molecule has 0 spiro atoms. The molecular weight excluding hydrogens is 356 g/mol. The number of ether oxygens (including phenoxy) is 2. The maximum atomic E-state index is 12.2. The largest absolute Gasteiger partial charge is 0.479 e. The number of hydrogen-bond acceptors (Lipinski definition) is 7. The van der Waals surface area contributed by atoms with Crippen LogP contribution in [0.5, 0.6) is 0 Å². The Hall–Kier alpha value is -1.83. The third kappa shape index (κ3) is 4.42. The molecule has 0 saturated heterocycles. The fourth-order valence-corrected chi connectivity index (χ4v) is 3.47. The van der Waals surface area contributed by atoms with Gasteiger partial charge in [0.1, 0.15) is 17.2 Å². The van der Waals surface area contributed by atoms with Crippen LogP contribution >= 0.6 is 23.1 Å². The van der Waals surface area contributed by atoms with E-state index in [4.69, 9.17) is 9.47 Å². The van der Waals surface area contributed by atoms with E-state index >= 15 is 0 Å². The van der Waals surface area contributed by atoms with E-state index in [1.807, 2.05) is 49.7 Å². The Labute approximate surface area is 156 Å². The van der Waals surface area contributed by atoms with Gasteiger partial charge in [-0.2, -0.15) is 0 Å². The van der Waals surface area contributed by atoms with E-state index in [0.29, 0.717) is 0 Å². The van der Waals surface area contributed by atoms with Crippen LogP contribution in [0.15, 0.2) is 46.5 Å². The molecule has 3 rings (SSSR count). The van der Waals surface area contributed by atoms with Gasteiger partial charge in [0.25, 0.3) is 0 Å². The second-order valence-corrected chi connectivity index (χ2v) is 7.41. The molecule has 0 radical (unpaired) electrons. The minimum atomic E-state index is -0.712. The van der Waals surface area contributed by atoms with Crippen molar-refractivity contribution in [2.24, 2.45) is 5.73 Å². The first-order chi connectivity index (χ1) is 12.0. The Morgan fingerprint density at radius 2 is 1.96 bits per heavy atom. The first-order valence-corrected chi connectivity index (χ1v) is 9.83. The number of benzene rings is 1. The zero-order valence-corrected chi connectivity index (χ0v) is 16.4. The van der Waals surface area contributed by atoms with Gasteiger partial charge in [0.15, 0.2) is 0 Å². The molecule has 1 aliphatic rings. The molecule has 0 atom stereocenters. The highest BCUT2D eigenvalue weighted by molar-refractivity contribution is 7.98. The van der Waals surface area contributed by atoms with Gasteiger partial charge in [0, 0.05) is 16.5 Å². The van der Waals surface area contributed by atoms with E-state index in [0.717, 1.165) is 16.1 Å². The number of nitrogens with zero attached hydrogens (tertiary/aromatic N) is 1. The van der Waals surface area contributed by atoms with Gasteiger partial charge in [-0.25, -0.2) is 9.78 Å². The summed E-state index contributed by atoms with van der Waals surface area (Å²) in [5.41, 5.74) is 5.51. The lowest BCUT2D eigenvalue weighted by molar-refractivity contribution is -0.147. The van der Waals surface area contributed by atoms with E-state index in [1.54, 1.807) is 18.0 Å². The number of hydrogen-bond donors (Lipinski definition) is 1. The zero-order chi connectivity index (χ0) is 18.4. The Bertz CT molecular complexity index is 738. The highest BCUT2D eigenvalue weighted by atomic mass is 32.2. The summed E-state index contributed by atoms with van der Waals surface area (Å²) in [4.78, 5) is 17.6. The highest BCUT2D eigenvalue weighted by Gasteiger charge is 2.42. The third-order valence-corrected chi connectivity index (χ3v) is 5.06. The summed E-state index contributed by atoms with van der Waals surface area (Å²) in [6.07, 6.45) is 3.75. The predicted octanol–water partition coefficient (Wildman–Crippen LogP) is 3.70. The van der Waals surface area contributed by atoms with Crippen LogP contribution in [0.3, 0.4) is 0 Å². The van der Waals surface area contributed by atoms with Crippen molar-refractivity contribution in [2.75, 3.05) is 13.3 Å². The second-order valence-electron chi connectivity index (χ2n) is 5.55. The normalized spacial score (nSPS) is 15.5. The molecule has 2 aromatic rings. The fourth-order valence-electron chi connectivity index (χ4n) is 2.53. The van der Waals surface area contributed by atoms with Gasteiger partial charge in [0.2, 0.25) is 5.76 Å². The van der Waals surface area contributed by atoms with Crippen molar-refractivity contribution in [3.8, 4) is 0 Å². The van der Waals surface area contributed by atoms with Crippen LogP contribution < -0.4 is 5.73 Å². The van der Waals surface area contributed by atoms with Crippen molar-refractivity contribution in [1.82, 2.24) is 4.98 Å². The van der Waals surface area contributed by atoms with Gasteiger partial charge in [0.05, 0.1) is 5.57 Å². The molecule has 0 fully saturated rings. The van der Waals surface area contributed by atoms with E-state index < -0.39 is 11.6 Å². The van der Waals surface area contributed by atoms with Crippen LogP contribution in [0, 0.1) is 0 Å². The predicted molar refractivity (Wildman–Crippen MR) is 102 cm³/mol. The van der Waals surface area contributed by atoms with Crippen LogP contribution in [0.4, 0.5) is 0 Å². The number of thiazole rings is 1. The Kier molecular flexibility index (Phi) is 6.64. The number of nitrogens with two attached hydrogens (primary N) is 1. The Morgan fingerprint density at radius 1 is 1.28 bits per heavy atom. The summed E-state index contributed by atoms with van der Waals surface area (Å²) in [7, 11) is 1.50. The van der Waals surface area contributed by atoms with Crippen LogP contribution in [0.2, 0.25) is 0 Å². The summed E-state index contributed by atoms with van der Waals surface area (Å²) in [6.45, 7) is 4.02. The summed E-state index contributed by atoms with van der Waals surface area (Å²) in [5.74, 6) is -0.141. The minimum absolute atomic E-state index is 0.268. The van der Waals surface area contributed by atoms with Crippen molar-refractivity contribution in [1.29, 1.82) is 0 Å². The maximum absolute atomic E-state index is 12.2. The van der Waals surface area contributed by atoms with Gasteiger partial charge in [-0.15, -0.1) is 23.1 Å². The van der Waals surface area contributed by atoms with Crippen molar-refractivity contribution in [3.63, 3.8) is 0 Å². The monoisotopic (exact) mass is 378 g/mol. The number of carbonyl (C=O) groups is 1. The minimum Gasteiger partial charge on any atom is -0.479 e. The van der Waals surface area contributed by atoms with Crippen LogP contribution in [0.1, 0.15) is 24.4 Å². The second kappa shape index (κ2) is 8.51. The SMILES string of the molecule is CN.CSc1ccc(C2=C(OCc3nccs3)C(=O)OC2(C)C)cc1. The smallest absolute Gasteiger partial charge is 0.374 e. The number of rotatable bonds is 5. The van der Waals surface area contributed by atoms with Gasteiger partial charge in [-0.1, -0.05) is 12.1 Å². The molecule has 1 aliphatic heterocycles. The average Bonchev–Trinajstić information content (AvgIpc) is 3.20. The molecule has 0 unspecified atom stereocenters. The molecule has 5 nitrogen and oxygen atoms in total. The summed E-state index contributed by atoms with van der Waals surface area (Å²) in [6, 6.07) is 8.06. The van der Waals surface area contributed by atoms with Gasteiger partial charge in [-0.3, -0.25) is 0 Å². The lowest BCUT2D eigenvalue weighted by Crippen LogP contribution is -2.22. The van der Waals surface area contributed by atoms with Gasteiger partial charge >= 0.3 is 5.97 Å². The van der Waals surface area contributed by atoms with Gasteiger partial charge in [-0.05, 0) is 44.8 Å². The van der Waals surface area contributed by atoms with Crippen molar-refractivity contribution >= 4 is 34.6 Å². The number of cyclic esters (lactones) is 1. The number of aromatic nitrogens is 1. The van der Waals surface area contributed by atoms with E-state index in [1.165, 1.54) is 23.3 Å². The van der Waals surface area contributed by atoms with Crippen molar-refractivity contribution in [2.45, 2.75) is 31.0 Å². The number of thioether (sulfide) groups is 1. The third-order valence-electron chi connectivity index (χ3n) is 3.56. The molecule has 7 heteroatoms. The van der Waals surface area contributed by atoms with E-state index in [-0.39, 0.29) is 12.4 Å². The van der Waals surface area contributed by atoms with Crippen molar-refractivity contribution in [3.05, 3.63) is 52.2 Å². The van der Waals surface area contributed by atoms with Crippen LogP contribution in [-0.2, 0) is 20.9 Å². The standard InChI is InChI=1S/C17H17NO3S2.CH5N/c1-17(2)14(11-4-6-12(22-3)7-5-11)15(16(19)21-17)20-10-13-18-8-9-23-13;1-2/h4-9H,10H2,1-3H3;2H2,1H3. The molecule has 1 aromatic heterocycles. The van der Waals surface area contributed by atoms with Crippen LogP contribution in [-0.4, -0.2) is 29.9 Å². The topological polar surface area (TPSA) is 74.4 Å². The molecule has 0 amide bonds. The lowest BCUT2D eigenvalue weighted by atomic mass is 9.92. The summed E-state index contributed by atoms with van der Waals surface area (Å²) < 4.78 is 11.3. The molecule has 134 valence electrons. The molecule has 1 aromatic carbocycles. The number of carbonyl (C=O) groups excluding carboxylic acids is 1. The average molecular weight is 379 g/mol. The van der Waals surface area contributed by atoms with Gasteiger partial charge < -0.3 is 15.2 Å². The fraction of sp³-hybridized carbons (Fsp3) is 0.333.